The lowest BCUT2D eigenvalue weighted by molar-refractivity contribution is -0.384. The van der Waals surface area contributed by atoms with Crippen LogP contribution in [0.3, 0.4) is 0 Å². The van der Waals surface area contributed by atoms with E-state index in [4.69, 9.17) is 18.9 Å². The SMILES string of the molecule is CCOc1cc([C@H]2NC(=O)NC(C)=C2C(=O)OC)ccc1OC[C@H](O)N/N=C\c1cc(Br)c(OCc2cccc([N+](=O)[O-])c2)c(I)c1. The van der Waals surface area contributed by atoms with Crippen LogP contribution in [-0.2, 0) is 16.1 Å². The minimum Gasteiger partial charge on any atom is -0.490 e. The number of nitro groups is 1. The Kier molecular flexibility index (Phi) is 12.4. The molecule has 16 heteroatoms. The van der Waals surface area contributed by atoms with E-state index >= 15 is 0 Å². The molecule has 2 atom stereocenters. The van der Waals surface area contributed by atoms with Gasteiger partial charge in [0, 0.05) is 17.8 Å². The number of nitrogens with one attached hydrogen (secondary N) is 3. The molecule has 1 aliphatic rings. The third-order valence-electron chi connectivity index (χ3n) is 6.63. The van der Waals surface area contributed by atoms with Crippen molar-refractivity contribution in [1.29, 1.82) is 0 Å². The van der Waals surface area contributed by atoms with Gasteiger partial charge in [-0.15, -0.1) is 0 Å². The zero-order chi connectivity index (χ0) is 34.1. The standard InChI is InChI=1S/C31H31BrIN5O9/c1-4-45-25-13-20(28-27(30(40)44-3)17(2)35-31(41)36-28)8-9-24(25)46-16-26(39)37-34-14-19-11-22(32)29(23(33)12-19)47-15-18-6-5-7-21(10-18)38(42)43/h5-14,26,28,37,39H,4,15-16H2,1-3H3,(H2,35,36,41)/b34-14-/t26-,28+/m0/s1. The van der Waals surface area contributed by atoms with Crippen molar-refractivity contribution in [2.24, 2.45) is 5.10 Å². The number of carbonyl (C=O) groups is 2. The van der Waals surface area contributed by atoms with Gasteiger partial charge < -0.3 is 34.7 Å². The number of hydrazone groups is 1. The number of aliphatic hydroxyl groups is 1. The number of ether oxygens (including phenoxy) is 4. The van der Waals surface area contributed by atoms with Gasteiger partial charge in [-0.3, -0.25) is 15.5 Å². The molecule has 0 aliphatic carbocycles. The van der Waals surface area contributed by atoms with Gasteiger partial charge >= 0.3 is 12.0 Å². The van der Waals surface area contributed by atoms with Gasteiger partial charge in [-0.1, -0.05) is 18.2 Å². The van der Waals surface area contributed by atoms with Gasteiger partial charge in [0.15, 0.2) is 17.7 Å². The Morgan fingerprint density at radius 1 is 1.19 bits per heavy atom. The number of allylic oxidation sites excluding steroid dienone is 1. The molecular formula is C31H31BrIN5O9. The van der Waals surface area contributed by atoms with Crippen LogP contribution in [0.5, 0.6) is 17.2 Å². The lowest BCUT2D eigenvalue weighted by Gasteiger charge is -2.28. The molecule has 0 unspecified atom stereocenters. The Labute approximate surface area is 291 Å². The molecule has 0 bridgehead atoms. The number of esters is 1. The van der Waals surface area contributed by atoms with Crippen LogP contribution < -0.4 is 30.3 Å². The molecule has 4 N–H and O–H groups in total. The zero-order valence-electron chi connectivity index (χ0n) is 25.4. The number of non-ortho nitro benzene ring substituents is 1. The van der Waals surface area contributed by atoms with E-state index in [-0.39, 0.29) is 24.5 Å². The Hall–Kier alpha value is -4.42. The summed E-state index contributed by atoms with van der Waals surface area (Å²) in [5.41, 5.74) is 5.17. The number of halogens is 2. The van der Waals surface area contributed by atoms with Crippen LogP contribution in [0.2, 0.25) is 0 Å². The second kappa shape index (κ2) is 16.4. The summed E-state index contributed by atoms with van der Waals surface area (Å²) < 4.78 is 23.8. The van der Waals surface area contributed by atoms with Crippen LogP contribution in [0, 0.1) is 13.7 Å². The molecule has 0 saturated heterocycles. The van der Waals surface area contributed by atoms with E-state index in [1.54, 1.807) is 50.2 Å². The Morgan fingerprint density at radius 3 is 2.68 bits per heavy atom. The lowest BCUT2D eigenvalue weighted by atomic mass is 9.95. The van der Waals surface area contributed by atoms with Crippen LogP contribution in [0.25, 0.3) is 0 Å². The van der Waals surface area contributed by atoms with Gasteiger partial charge in [0.1, 0.15) is 19.0 Å². The van der Waals surface area contributed by atoms with Crippen molar-refractivity contribution in [2.45, 2.75) is 32.7 Å². The molecule has 14 nitrogen and oxygen atoms in total. The smallest absolute Gasteiger partial charge is 0.337 e. The number of urea groups is 1. The van der Waals surface area contributed by atoms with Crippen LogP contribution in [-0.4, -0.2) is 54.8 Å². The van der Waals surface area contributed by atoms with E-state index in [2.05, 4.69) is 59.7 Å². The van der Waals surface area contributed by atoms with E-state index in [9.17, 15) is 24.8 Å². The number of benzene rings is 3. The third kappa shape index (κ3) is 9.32. The number of amides is 2. The molecule has 3 aromatic rings. The highest BCUT2D eigenvalue weighted by Gasteiger charge is 2.32. The highest BCUT2D eigenvalue weighted by molar-refractivity contribution is 14.1. The lowest BCUT2D eigenvalue weighted by Crippen LogP contribution is -2.45. The summed E-state index contributed by atoms with van der Waals surface area (Å²) in [5, 5.41) is 30.9. The highest BCUT2D eigenvalue weighted by Crippen LogP contribution is 2.35. The Morgan fingerprint density at radius 2 is 1.98 bits per heavy atom. The maximum Gasteiger partial charge on any atom is 0.337 e. The fourth-order valence-electron chi connectivity index (χ4n) is 4.53. The zero-order valence-corrected chi connectivity index (χ0v) is 29.2. The van der Waals surface area contributed by atoms with Crippen molar-refractivity contribution in [3.05, 3.63) is 101 Å². The van der Waals surface area contributed by atoms with E-state index in [1.165, 1.54) is 25.5 Å². The van der Waals surface area contributed by atoms with Gasteiger partial charge in [0.25, 0.3) is 5.69 Å². The number of hydrogen-bond donors (Lipinski definition) is 4. The average Bonchev–Trinajstić information content (AvgIpc) is 3.03. The summed E-state index contributed by atoms with van der Waals surface area (Å²) >= 11 is 5.62. The molecular weight excluding hydrogens is 793 g/mol. The molecule has 0 fully saturated rings. The van der Waals surface area contributed by atoms with Gasteiger partial charge in [0.05, 0.1) is 44.5 Å². The van der Waals surface area contributed by atoms with Gasteiger partial charge in [-0.25, -0.2) is 9.59 Å². The maximum absolute atomic E-state index is 12.5. The first-order valence-corrected chi connectivity index (χ1v) is 16.0. The van der Waals surface area contributed by atoms with Crippen molar-refractivity contribution in [1.82, 2.24) is 16.1 Å². The number of hydrogen-bond acceptors (Lipinski definition) is 11. The quantitative estimate of drug-likeness (QED) is 0.0428. The summed E-state index contributed by atoms with van der Waals surface area (Å²) in [6.07, 6.45) is 0.337. The second-order valence-corrected chi connectivity index (χ2v) is 12.0. The van der Waals surface area contributed by atoms with Crippen molar-refractivity contribution in [3.63, 3.8) is 0 Å². The van der Waals surface area contributed by atoms with E-state index < -0.39 is 29.2 Å². The average molecular weight is 824 g/mol. The second-order valence-electron chi connectivity index (χ2n) is 9.94. The normalized spacial score (nSPS) is 15.0. The summed E-state index contributed by atoms with van der Waals surface area (Å²) in [6.45, 7) is 3.69. The van der Waals surface area contributed by atoms with E-state index in [0.29, 0.717) is 50.7 Å². The molecule has 0 radical (unpaired) electrons. The topological polar surface area (TPSA) is 183 Å². The van der Waals surface area contributed by atoms with Crippen molar-refractivity contribution in [3.8, 4) is 17.2 Å². The number of aliphatic hydroxyl groups excluding tert-OH is 1. The van der Waals surface area contributed by atoms with Crippen molar-refractivity contribution < 1.29 is 38.6 Å². The number of methoxy groups -OCH3 is 1. The Bertz CT molecular complexity index is 1700. The fourth-order valence-corrected chi connectivity index (χ4v) is 6.30. The first-order valence-electron chi connectivity index (χ1n) is 14.1. The van der Waals surface area contributed by atoms with Crippen LogP contribution in [0.1, 0.15) is 36.6 Å². The summed E-state index contributed by atoms with van der Waals surface area (Å²) in [7, 11) is 1.26. The minimum absolute atomic E-state index is 0.00802. The van der Waals surface area contributed by atoms with E-state index in [1.807, 2.05) is 6.07 Å². The van der Waals surface area contributed by atoms with Gasteiger partial charge in [0.2, 0.25) is 0 Å². The predicted octanol–water partition coefficient (Wildman–Crippen LogP) is 5.06. The minimum atomic E-state index is -1.18. The first kappa shape index (κ1) is 35.4. The van der Waals surface area contributed by atoms with Gasteiger partial charge in [-0.05, 0) is 93.3 Å². The molecule has 2 amide bonds. The molecule has 248 valence electrons. The number of nitrogens with zero attached hydrogens (tertiary/aromatic N) is 2. The van der Waals surface area contributed by atoms with Crippen molar-refractivity contribution >= 4 is 62.4 Å². The molecule has 0 aromatic heterocycles. The molecule has 1 aliphatic heterocycles. The summed E-state index contributed by atoms with van der Waals surface area (Å²) in [4.78, 5) is 35.2. The maximum atomic E-state index is 12.5. The largest absolute Gasteiger partial charge is 0.490 e. The third-order valence-corrected chi connectivity index (χ3v) is 8.02. The molecule has 47 heavy (non-hydrogen) atoms. The molecule has 3 aromatic carbocycles. The number of nitro benzene ring substituents is 1. The van der Waals surface area contributed by atoms with Crippen LogP contribution in [0.15, 0.2) is 75.4 Å². The fraction of sp³-hybridized carbons (Fsp3) is 0.258. The van der Waals surface area contributed by atoms with Crippen LogP contribution in [0.4, 0.5) is 10.5 Å². The van der Waals surface area contributed by atoms with Gasteiger partial charge in [-0.2, -0.15) is 5.10 Å². The van der Waals surface area contributed by atoms with Crippen LogP contribution >= 0.6 is 38.5 Å². The molecule has 0 spiro atoms. The highest BCUT2D eigenvalue weighted by atomic mass is 127. The molecule has 0 saturated carbocycles. The molecule has 1 heterocycles. The first-order chi connectivity index (χ1) is 22.5. The Balaban J connectivity index is 1.37. The monoisotopic (exact) mass is 823 g/mol. The number of carbonyl (C=O) groups excluding carboxylic acids is 2. The summed E-state index contributed by atoms with van der Waals surface area (Å²) in [6, 6.07) is 13.6. The van der Waals surface area contributed by atoms with E-state index in [0.717, 1.165) is 3.57 Å². The summed E-state index contributed by atoms with van der Waals surface area (Å²) in [5.74, 6) is 0.669. The number of rotatable bonds is 14. The molecule has 4 rings (SSSR count). The predicted molar refractivity (Wildman–Crippen MR) is 183 cm³/mol. The van der Waals surface area contributed by atoms with Crippen molar-refractivity contribution in [2.75, 3.05) is 20.3 Å².